The fourth-order valence-corrected chi connectivity index (χ4v) is 11.1. The van der Waals surface area contributed by atoms with Crippen LogP contribution in [-0.2, 0) is 9.22 Å². The van der Waals surface area contributed by atoms with Crippen molar-refractivity contribution in [1.29, 1.82) is 0 Å². The van der Waals surface area contributed by atoms with Gasteiger partial charge in [-0.25, -0.2) is 4.39 Å². The third-order valence-corrected chi connectivity index (χ3v) is 16.9. The fraction of sp³-hybridized carbons (Fsp3) is 0.694. The van der Waals surface area contributed by atoms with Gasteiger partial charge in [-0.15, -0.1) is 0 Å². The molecule has 46 heavy (non-hydrogen) atoms. The van der Waals surface area contributed by atoms with Crippen LogP contribution in [0.15, 0.2) is 18.3 Å². The average molecular weight is 695 g/mol. The van der Waals surface area contributed by atoms with E-state index in [-0.39, 0.29) is 51.2 Å². The van der Waals surface area contributed by atoms with Crippen LogP contribution in [0.5, 0.6) is 0 Å². The number of aromatic nitrogens is 2. The number of carbonyl (C=O) groups excluding carboxylic acids is 2. The van der Waals surface area contributed by atoms with Gasteiger partial charge < -0.3 is 9.33 Å². The van der Waals surface area contributed by atoms with Gasteiger partial charge in [0.25, 0.3) is 5.91 Å². The van der Waals surface area contributed by atoms with Gasteiger partial charge in [0, 0.05) is 22.7 Å². The summed E-state index contributed by atoms with van der Waals surface area (Å²) >= 11 is 13.4. The number of amides is 1. The molecule has 2 fully saturated rings. The van der Waals surface area contributed by atoms with Gasteiger partial charge in [-0.05, 0) is 101 Å². The van der Waals surface area contributed by atoms with Gasteiger partial charge in [0.15, 0.2) is 8.32 Å². The second kappa shape index (κ2) is 14.8. The second-order valence-electron chi connectivity index (χ2n) is 14.9. The predicted octanol–water partition coefficient (Wildman–Crippen LogP) is 10.5. The average Bonchev–Trinajstić information content (AvgIpc) is 3.39. The molecule has 0 bridgehead atoms. The first-order valence-corrected chi connectivity index (χ1v) is 20.6. The third kappa shape index (κ3) is 7.93. The van der Waals surface area contributed by atoms with Crippen LogP contribution in [0.1, 0.15) is 134 Å². The van der Waals surface area contributed by atoms with Gasteiger partial charge in [0.2, 0.25) is 0 Å². The summed E-state index contributed by atoms with van der Waals surface area (Å²) in [5.74, 6) is -0.332. The lowest BCUT2D eigenvalue weighted by Crippen LogP contribution is -2.48. The summed E-state index contributed by atoms with van der Waals surface area (Å²) in [5.41, 5.74) is 1.92. The lowest BCUT2D eigenvalue weighted by atomic mass is 9.71. The maximum atomic E-state index is 14.7. The number of hydrogen-bond donors (Lipinski definition) is 0. The summed E-state index contributed by atoms with van der Waals surface area (Å²) < 4.78 is 23.5. The summed E-state index contributed by atoms with van der Waals surface area (Å²) in [6.07, 6.45) is 8.24. The molecule has 1 heterocycles. The van der Waals surface area contributed by atoms with Crippen molar-refractivity contribution < 1.29 is 18.4 Å². The molecule has 0 aliphatic heterocycles. The standard InChI is InChI=1S/C36H54Cl2FN3O3Si/c1-9-46(10-2,11-3)45-32(33-30(37)20-26(39)21-31(33)38)23-41(27-12-16-35(6,7)17-13-27)34(44)29-22-40-42(24(29)4)28-14-18-36(8,19-15-28)25(5)43/h20-22,27-28,32H,9-19,23H2,1-8H3. The zero-order chi connectivity index (χ0) is 34.0. The zero-order valence-corrected chi connectivity index (χ0v) is 31.7. The van der Waals surface area contributed by atoms with Gasteiger partial charge in [-0.1, -0.05) is 64.7 Å². The lowest BCUT2D eigenvalue weighted by Gasteiger charge is -2.43. The van der Waals surface area contributed by atoms with Crippen LogP contribution in [0.2, 0.25) is 28.2 Å². The largest absolute Gasteiger partial charge is 0.408 e. The summed E-state index contributed by atoms with van der Waals surface area (Å²) in [7, 11) is -2.21. The fourth-order valence-electron chi connectivity index (χ4n) is 7.61. The van der Waals surface area contributed by atoms with E-state index in [1.165, 1.54) is 12.1 Å². The predicted molar refractivity (Wildman–Crippen MR) is 188 cm³/mol. The summed E-state index contributed by atoms with van der Waals surface area (Å²) in [4.78, 5) is 29.0. The number of carbonyl (C=O) groups is 2. The molecule has 10 heteroatoms. The van der Waals surface area contributed by atoms with Gasteiger partial charge in [-0.2, -0.15) is 5.10 Å². The molecule has 0 N–H and O–H groups in total. The van der Waals surface area contributed by atoms with Gasteiger partial charge in [0.1, 0.15) is 11.6 Å². The number of rotatable bonds is 12. The molecule has 2 saturated carbocycles. The first-order chi connectivity index (χ1) is 21.6. The quantitative estimate of drug-likeness (QED) is 0.208. The molecule has 0 saturated heterocycles. The minimum absolute atomic E-state index is 0.0132. The smallest absolute Gasteiger partial charge is 0.257 e. The van der Waals surface area contributed by atoms with Crippen LogP contribution in [0, 0.1) is 23.6 Å². The first-order valence-electron chi connectivity index (χ1n) is 17.3. The van der Waals surface area contributed by atoms with E-state index in [0.29, 0.717) is 11.1 Å². The number of hydrogen-bond acceptors (Lipinski definition) is 4. The van der Waals surface area contributed by atoms with E-state index in [9.17, 15) is 14.0 Å². The van der Waals surface area contributed by atoms with E-state index in [1.807, 2.05) is 16.5 Å². The molecule has 0 radical (unpaired) electrons. The molecule has 6 nitrogen and oxygen atoms in total. The normalized spacial score (nSPS) is 22.9. The Morgan fingerprint density at radius 1 is 1.02 bits per heavy atom. The van der Waals surface area contributed by atoms with E-state index in [1.54, 1.807) is 13.1 Å². The third-order valence-electron chi connectivity index (χ3n) is 11.6. The molecule has 1 atom stereocenters. The Hall–Kier alpha value is -1.74. The van der Waals surface area contributed by atoms with Crippen LogP contribution in [-0.4, -0.2) is 47.3 Å². The van der Waals surface area contributed by atoms with E-state index in [4.69, 9.17) is 32.7 Å². The SMILES string of the molecule is CC[Si](CC)(CC)OC(CN(C(=O)c1cnn(C2CCC(C)(C(C)=O)CC2)c1C)C1CCC(C)(C)CC1)c1c(Cl)cc(F)cc1Cl. The highest BCUT2D eigenvalue weighted by Crippen LogP contribution is 2.43. The van der Waals surface area contributed by atoms with Gasteiger partial charge in [0.05, 0.1) is 40.5 Å². The van der Waals surface area contributed by atoms with Crippen molar-refractivity contribution >= 4 is 43.2 Å². The molecule has 256 valence electrons. The van der Waals surface area contributed by atoms with Crippen molar-refractivity contribution in [3.8, 4) is 0 Å². The molecule has 1 aromatic carbocycles. The lowest BCUT2D eigenvalue weighted by molar-refractivity contribution is -0.127. The summed E-state index contributed by atoms with van der Waals surface area (Å²) in [6, 6.07) is 5.47. The van der Waals surface area contributed by atoms with Crippen molar-refractivity contribution in [1.82, 2.24) is 14.7 Å². The highest BCUT2D eigenvalue weighted by molar-refractivity contribution is 6.73. The zero-order valence-electron chi connectivity index (χ0n) is 29.1. The molecule has 0 spiro atoms. The van der Waals surface area contributed by atoms with Crippen LogP contribution in [0.4, 0.5) is 4.39 Å². The van der Waals surface area contributed by atoms with Crippen molar-refractivity contribution in [3.05, 3.63) is 51.0 Å². The van der Waals surface area contributed by atoms with Crippen LogP contribution >= 0.6 is 23.2 Å². The Balaban J connectivity index is 1.72. The molecule has 1 unspecified atom stereocenters. The number of halogens is 3. The van der Waals surface area contributed by atoms with Gasteiger partial charge in [-0.3, -0.25) is 14.3 Å². The molecule has 4 rings (SSSR count). The van der Waals surface area contributed by atoms with E-state index in [0.717, 1.165) is 75.2 Å². The van der Waals surface area contributed by atoms with Gasteiger partial charge >= 0.3 is 0 Å². The Bertz CT molecular complexity index is 1360. The Morgan fingerprint density at radius 2 is 1.57 bits per heavy atom. The second-order valence-corrected chi connectivity index (χ2v) is 20.5. The number of benzene rings is 1. The molecule has 1 aromatic heterocycles. The summed E-state index contributed by atoms with van der Waals surface area (Å²) in [6.45, 7) is 17.1. The molecule has 2 aliphatic rings. The number of Topliss-reactive ketones (excluding diaryl/α,β-unsaturated/α-hetero) is 1. The van der Waals surface area contributed by atoms with Crippen LogP contribution < -0.4 is 0 Å². The van der Waals surface area contributed by atoms with Crippen molar-refractivity contribution in [2.24, 2.45) is 10.8 Å². The highest BCUT2D eigenvalue weighted by Gasteiger charge is 2.40. The van der Waals surface area contributed by atoms with Crippen LogP contribution in [0.3, 0.4) is 0 Å². The Morgan fingerprint density at radius 3 is 2.07 bits per heavy atom. The van der Waals surface area contributed by atoms with E-state index in [2.05, 4.69) is 41.5 Å². The Labute approximate surface area is 286 Å². The summed E-state index contributed by atoms with van der Waals surface area (Å²) in [5, 5.41) is 5.19. The van der Waals surface area contributed by atoms with E-state index < -0.39 is 20.2 Å². The van der Waals surface area contributed by atoms with Crippen molar-refractivity contribution in [2.75, 3.05) is 6.54 Å². The van der Waals surface area contributed by atoms with Crippen molar-refractivity contribution in [3.63, 3.8) is 0 Å². The highest BCUT2D eigenvalue weighted by atomic mass is 35.5. The molecule has 2 aliphatic carbocycles. The maximum absolute atomic E-state index is 14.7. The van der Waals surface area contributed by atoms with Crippen LogP contribution in [0.25, 0.3) is 0 Å². The molecular formula is C36H54Cl2FN3O3Si. The monoisotopic (exact) mass is 693 g/mol. The minimum Gasteiger partial charge on any atom is -0.408 e. The Kier molecular flexibility index (Phi) is 11.9. The molecular weight excluding hydrogens is 640 g/mol. The number of ketones is 1. The topological polar surface area (TPSA) is 64.4 Å². The molecule has 2 aromatic rings. The number of nitrogens with zero attached hydrogens (tertiary/aromatic N) is 3. The van der Waals surface area contributed by atoms with E-state index >= 15 is 0 Å². The maximum Gasteiger partial charge on any atom is 0.257 e. The first kappa shape index (κ1) is 37.1. The minimum atomic E-state index is -2.21. The van der Waals surface area contributed by atoms with Crippen molar-refractivity contribution in [2.45, 2.75) is 143 Å². The molecule has 1 amide bonds.